The van der Waals surface area contributed by atoms with E-state index in [2.05, 4.69) is 9.88 Å². The van der Waals surface area contributed by atoms with E-state index >= 15 is 0 Å². The van der Waals surface area contributed by atoms with Gasteiger partial charge < -0.3 is 15.0 Å². The number of piperazine rings is 1. The molecule has 1 aromatic heterocycles. The second kappa shape index (κ2) is 6.93. The fourth-order valence-corrected chi connectivity index (χ4v) is 3.12. The highest BCUT2D eigenvalue weighted by Gasteiger charge is 2.27. The zero-order valence-electron chi connectivity index (χ0n) is 14.4. The van der Waals surface area contributed by atoms with Gasteiger partial charge in [-0.2, -0.15) is 9.99 Å². The molecule has 1 saturated heterocycles. The van der Waals surface area contributed by atoms with Gasteiger partial charge in [0.15, 0.2) is 6.07 Å². The third kappa shape index (κ3) is 3.20. The molecule has 2 heterocycles. The van der Waals surface area contributed by atoms with E-state index in [4.69, 9.17) is 0 Å². The summed E-state index contributed by atoms with van der Waals surface area (Å²) in [6.45, 7) is 6.35. The molecule has 1 aliphatic heterocycles. The van der Waals surface area contributed by atoms with E-state index in [1.54, 1.807) is 19.1 Å². The van der Waals surface area contributed by atoms with Gasteiger partial charge in [-0.1, -0.05) is 6.92 Å². The minimum atomic E-state index is -0.253. The van der Waals surface area contributed by atoms with Crippen LogP contribution in [0.2, 0.25) is 0 Å². The number of hydrogen-bond acceptors (Lipinski definition) is 5. The highest BCUT2D eigenvalue weighted by molar-refractivity contribution is 5.52. The summed E-state index contributed by atoms with van der Waals surface area (Å²) in [5, 5.41) is 21.7. The predicted octanol–water partition coefficient (Wildman–Crippen LogP) is 1.92. The maximum Gasteiger partial charge on any atom is 0.337 e. The summed E-state index contributed by atoms with van der Waals surface area (Å²) in [6.07, 6.45) is 0.641. The lowest BCUT2D eigenvalue weighted by Gasteiger charge is -2.36. The Bertz CT molecular complexity index is 808. The van der Waals surface area contributed by atoms with Gasteiger partial charge >= 0.3 is 5.69 Å². The normalized spacial score (nSPS) is 14.5. The van der Waals surface area contributed by atoms with E-state index in [0.29, 0.717) is 54.5 Å². The number of aryl methyl sites for hydroxylation is 1. The molecule has 0 saturated carbocycles. The van der Waals surface area contributed by atoms with Crippen molar-refractivity contribution in [3.05, 3.63) is 52.4 Å². The molecule has 3 rings (SSSR count). The molecule has 1 aliphatic rings. The summed E-state index contributed by atoms with van der Waals surface area (Å²) in [5.41, 5.74) is 2.20. The van der Waals surface area contributed by atoms with Gasteiger partial charge in [-0.05, 0) is 30.7 Å². The molecule has 1 aromatic carbocycles. The molecule has 0 spiro atoms. The van der Waals surface area contributed by atoms with E-state index < -0.39 is 0 Å². The first kappa shape index (κ1) is 17.0. The van der Waals surface area contributed by atoms with Crippen molar-refractivity contribution in [3.8, 4) is 6.07 Å². The molecule has 0 amide bonds. The largest absolute Gasteiger partial charge is 0.617 e. The SMILES string of the molecule is CCc1nc(N2CCN(c3ccc(F)cc3)CC2)c(C#N)[n+]([O-])c1C. The fraction of sp³-hybridized carbons (Fsp3) is 0.389. The molecule has 0 atom stereocenters. The molecule has 1 fully saturated rings. The van der Waals surface area contributed by atoms with Gasteiger partial charge in [0.25, 0.3) is 0 Å². The van der Waals surface area contributed by atoms with Gasteiger partial charge in [-0.25, -0.2) is 9.37 Å². The van der Waals surface area contributed by atoms with Crippen LogP contribution in [0.1, 0.15) is 24.0 Å². The lowest BCUT2D eigenvalue weighted by Crippen LogP contribution is -2.49. The molecular formula is C18H20FN5O. The molecule has 25 heavy (non-hydrogen) atoms. The van der Waals surface area contributed by atoms with Crippen LogP contribution in [0.3, 0.4) is 0 Å². The second-order valence-corrected chi connectivity index (χ2v) is 6.03. The zero-order valence-corrected chi connectivity index (χ0v) is 14.4. The highest BCUT2D eigenvalue weighted by Crippen LogP contribution is 2.22. The Morgan fingerprint density at radius 2 is 1.80 bits per heavy atom. The molecule has 0 aliphatic carbocycles. The van der Waals surface area contributed by atoms with Crippen molar-refractivity contribution in [2.75, 3.05) is 36.0 Å². The molecule has 2 aromatic rings. The lowest BCUT2D eigenvalue weighted by molar-refractivity contribution is -0.615. The standard InChI is InChI=1S/C18H20FN5O/c1-3-16-13(2)24(25)17(12-20)18(21-16)23-10-8-22(9-11-23)15-6-4-14(19)5-7-15/h4-7H,3,8-11H2,1-2H3. The van der Waals surface area contributed by atoms with Crippen LogP contribution >= 0.6 is 0 Å². The first-order valence-corrected chi connectivity index (χ1v) is 8.33. The maximum absolute atomic E-state index is 13.1. The Hall–Kier alpha value is -2.88. The zero-order chi connectivity index (χ0) is 18.0. The molecule has 6 nitrogen and oxygen atoms in total. The number of benzene rings is 1. The number of aromatic nitrogens is 2. The predicted molar refractivity (Wildman–Crippen MR) is 92.9 cm³/mol. The first-order chi connectivity index (χ1) is 12.0. The summed E-state index contributed by atoms with van der Waals surface area (Å²) in [4.78, 5) is 8.70. The molecule has 0 unspecified atom stereocenters. The minimum absolute atomic E-state index is 0.0462. The van der Waals surface area contributed by atoms with Crippen LogP contribution in [0.5, 0.6) is 0 Å². The summed E-state index contributed by atoms with van der Waals surface area (Å²) in [5.74, 6) is 0.204. The number of halogens is 1. The van der Waals surface area contributed by atoms with Crippen molar-refractivity contribution in [2.24, 2.45) is 0 Å². The monoisotopic (exact) mass is 341 g/mol. The van der Waals surface area contributed by atoms with Gasteiger partial charge in [-0.15, -0.1) is 0 Å². The summed E-state index contributed by atoms with van der Waals surface area (Å²) < 4.78 is 13.8. The summed E-state index contributed by atoms with van der Waals surface area (Å²) in [7, 11) is 0. The van der Waals surface area contributed by atoms with E-state index in [0.717, 1.165) is 5.69 Å². The smallest absolute Gasteiger partial charge is 0.337 e. The third-order valence-electron chi connectivity index (χ3n) is 4.59. The molecule has 0 radical (unpaired) electrons. The van der Waals surface area contributed by atoms with Gasteiger partial charge in [0, 0.05) is 38.8 Å². The number of rotatable bonds is 3. The minimum Gasteiger partial charge on any atom is -0.617 e. The van der Waals surface area contributed by atoms with Gasteiger partial charge in [0.1, 0.15) is 11.5 Å². The first-order valence-electron chi connectivity index (χ1n) is 8.33. The summed E-state index contributed by atoms with van der Waals surface area (Å²) in [6, 6.07) is 8.41. The average molecular weight is 341 g/mol. The van der Waals surface area contributed by atoms with E-state index in [-0.39, 0.29) is 11.5 Å². The second-order valence-electron chi connectivity index (χ2n) is 6.03. The highest BCUT2D eigenvalue weighted by atomic mass is 19.1. The Morgan fingerprint density at radius 3 is 2.36 bits per heavy atom. The van der Waals surface area contributed by atoms with E-state index in [1.165, 1.54) is 12.1 Å². The van der Waals surface area contributed by atoms with Crippen LogP contribution < -0.4 is 14.5 Å². The molecular weight excluding hydrogens is 321 g/mol. The van der Waals surface area contributed by atoms with Crippen LogP contribution in [0.25, 0.3) is 0 Å². The van der Waals surface area contributed by atoms with Crippen molar-refractivity contribution >= 4 is 11.5 Å². The number of nitriles is 1. The van der Waals surface area contributed by atoms with Crippen molar-refractivity contribution in [2.45, 2.75) is 20.3 Å². The average Bonchev–Trinajstić information content (AvgIpc) is 2.64. The molecule has 7 heteroatoms. The quantitative estimate of drug-likeness (QED) is 0.630. The lowest BCUT2D eigenvalue weighted by atomic mass is 10.2. The Morgan fingerprint density at radius 1 is 1.20 bits per heavy atom. The molecule has 0 bridgehead atoms. The Kier molecular flexibility index (Phi) is 4.70. The van der Waals surface area contributed by atoms with Crippen LogP contribution in [0, 0.1) is 29.3 Å². The van der Waals surface area contributed by atoms with Gasteiger partial charge in [0.05, 0.1) is 0 Å². The number of anilines is 2. The van der Waals surface area contributed by atoms with Crippen molar-refractivity contribution in [1.29, 1.82) is 5.26 Å². The summed E-state index contributed by atoms with van der Waals surface area (Å²) >= 11 is 0. The van der Waals surface area contributed by atoms with Crippen LogP contribution in [-0.4, -0.2) is 31.2 Å². The number of hydrogen-bond donors (Lipinski definition) is 0. The van der Waals surface area contributed by atoms with Crippen LogP contribution in [0.15, 0.2) is 24.3 Å². The van der Waals surface area contributed by atoms with Crippen LogP contribution in [-0.2, 0) is 6.42 Å². The Labute approximate surface area is 146 Å². The van der Waals surface area contributed by atoms with E-state index in [1.807, 2.05) is 17.9 Å². The van der Waals surface area contributed by atoms with Crippen molar-refractivity contribution in [3.63, 3.8) is 0 Å². The maximum atomic E-state index is 13.1. The van der Waals surface area contributed by atoms with Crippen LogP contribution in [0.4, 0.5) is 15.9 Å². The number of nitrogens with zero attached hydrogens (tertiary/aromatic N) is 5. The topological polar surface area (TPSA) is 70.1 Å². The van der Waals surface area contributed by atoms with Crippen molar-refractivity contribution in [1.82, 2.24) is 4.98 Å². The van der Waals surface area contributed by atoms with Crippen molar-refractivity contribution < 1.29 is 9.12 Å². The van der Waals surface area contributed by atoms with Gasteiger partial charge in [0.2, 0.25) is 11.5 Å². The third-order valence-corrected chi connectivity index (χ3v) is 4.59. The molecule has 0 N–H and O–H groups in total. The molecule has 130 valence electrons. The van der Waals surface area contributed by atoms with Gasteiger partial charge in [-0.3, -0.25) is 0 Å². The fourth-order valence-electron chi connectivity index (χ4n) is 3.12. The van der Waals surface area contributed by atoms with E-state index in [9.17, 15) is 14.9 Å². The Balaban J connectivity index is 1.82.